The molecule has 0 aromatic carbocycles. The molecule has 0 aliphatic heterocycles. The van der Waals surface area contributed by atoms with Crippen molar-refractivity contribution in [3.8, 4) is 11.8 Å². The average Bonchev–Trinajstić information content (AvgIpc) is 2.23. The van der Waals surface area contributed by atoms with E-state index in [9.17, 15) is 5.11 Å². The third kappa shape index (κ3) is 2.13. The van der Waals surface area contributed by atoms with Crippen molar-refractivity contribution in [3.63, 3.8) is 0 Å². The Balaban J connectivity index is 0.00000112. The molecule has 0 aliphatic rings. The van der Waals surface area contributed by atoms with Crippen LogP contribution in [-0.2, 0) is 0 Å². The second-order valence-electron chi connectivity index (χ2n) is 2.61. The first-order valence-electron chi connectivity index (χ1n) is 3.77. The minimum absolute atomic E-state index is 0. The summed E-state index contributed by atoms with van der Waals surface area (Å²) < 4.78 is 0.509. The molecule has 0 saturated carbocycles. The number of nitrogens with zero attached hydrogens (tertiary/aromatic N) is 3. The molecule has 2 aromatic heterocycles. The fraction of sp³-hybridized carbons (Fsp3) is 0. The van der Waals surface area contributed by atoms with Crippen LogP contribution in [0.25, 0.3) is 10.9 Å². The van der Waals surface area contributed by atoms with E-state index < -0.39 is 0 Å². The van der Waals surface area contributed by atoms with Crippen molar-refractivity contribution in [2.45, 2.75) is 0 Å². The summed E-state index contributed by atoms with van der Waals surface area (Å²) in [5, 5.41) is 19.0. The van der Waals surface area contributed by atoms with E-state index in [0.717, 1.165) is 0 Å². The van der Waals surface area contributed by atoms with Gasteiger partial charge in [0.25, 0.3) is 0 Å². The summed E-state index contributed by atoms with van der Waals surface area (Å²) in [5.41, 5.74) is 0.356. The standard InChI is InChI=1S/C9H4BrN3O.Na.H/c10-9-5-2-1-3-12-7(5)8(14)6(4-11)13-9;;/h1-3,14H;;. The summed E-state index contributed by atoms with van der Waals surface area (Å²) in [6.45, 7) is 0. The number of halogens is 1. The van der Waals surface area contributed by atoms with Crippen molar-refractivity contribution in [3.05, 3.63) is 28.6 Å². The number of hydrogen-bond acceptors (Lipinski definition) is 4. The van der Waals surface area contributed by atoms with Gasteiger partial charge in [0.1, 0.15) is 16.2 Å². The fourth-order valence-electron chi connectivity index (χ4n) is 1.16. The molecule has 0 aliphatic carbocycles. The molecule has 2 rings (SSSR count). The van der Waals surface area contributed by atoms with E-state index in [1.807, 2.05) is 0 Å². The van der Waals surface area contributed by atoms with Gasteiger partial charge in [-0.2, -0.15) is 5.26 Å². The Kier molecular flexibility index (Phi) is 4.05. The van der Waals surface area contributed by atoms with Crippen LogP contribution in [0.3, 0.4) is 0 Å². The normalized spacial score (nSPS) is 9.33. The van der Waals surface area contributed by atoms with Gasteiger partial charge in [0.2, 0.25) is 0 Å². The van der Waals surface area contributed by atoms with Crippen molar-refractivity contribution in [1.29, 1.82) is 5.26 Å². The molecule has 2 heterocycles. The molecule has 6 heteroatoms. The first kappa shape index (κ1) is 12.4. The van der Waals surface area contributed by atoms with Gasteiger partial charge in [0.05, 0.1) is 0 Å². The average molecular weight is 274 g/mol. The second-order valence-corrected chi connectivity index (χ2v) is 3.36. The van der Waals surface area contributed by atoms with Crippen LogP contribution < -0.4 is 0 Å². The van der Waals surface area contributed by atoms with Crippen molar-refractivity contribution in [2.75, 3.05) is 0 Å². The van der Waals surface area contributed by atoms with E-state index in [0.29, 0.717) is 15.5 Å². The molecular formula is C9H5BrN3NaO. The number of aromatic hydroxyl groups is 1. The van der Waals surface area contributed by atoms with E-state index in [-0.39, 0.29) is 41.0 Å². The Morgan fingerprint density at radius 1 is 1.47 bits per heavy atom. The summed E-state index contributed by atoms with van der Waals surface area (Å²) in [4.78, 5) is 7.86. The van der Waals surface area contributed by atoms with E-state index in [2.05, 4.69) is 25.9 Å². The third-order valence-electron chi connectivity index (χ3n) is 1.79. The van der Waals surface area contributed by atoms with Crippen LogP contribution in [0.5, 0.6) is 5.75 Å². The van der Waals surface area contributed by atoms with Gasteiger partial charge in [0.15, 0.2) is 11.4 Å². The van der Waals surface area contributed by atoms with E-state index in [1.54, 1.807) is 24.4 Å². The number of fused-ring (bicyclic) bond motifs is 1. The molecule has 0 amide bonds. The zero-order valence-electron chi connectivity index (χ0n) is 6.90. The maximum absolute atomic E-state index is 9.61. The summed E-state index contributed by atoms with van der Waals surface area (Å²) in [6.07, 6.45) is 1.55. The molecule has 2 aromatic rings. The molecule has 0 radical (unpaired) electrons. The monoisotopic (exact) mass is 273 g/mol. The number of nitriles is 1. The van der Waals surface area contributed by atoms with Gasteiger partial charge in [-0.25, -0.2) is 4.98 Å². The van der Waals surface area contributed by atoms with Crippen LogP contribution in [0, 0.1) is 11.3 Å². The SMILES string of the molecule is N#Cc1nc(Br)c2cccnc2c1O.[NaH]. The Hall–Kier alpha value is -0.670. The zero-order valence-corrected chi connectivity index (χ0v) is 8.48. The van der Waals surface area contributed by atoms with Gasteiger partial charge < -0.3 is 5.11 Å². The van der Waals surface area contributed by atoms with Crippen LogP contribution in [0.15, 0.2) is 22.9 Å². The van der Waals surface area contributed by atoms with Crippen LogP contribution in [-0.4, -0.2) is 44.6 Å². The number of pyridine rings is 2. The van der Waals surface area contributed by atoms with E-state index in [4.69, 9.17) is 5.26 Å². The van der Waals surface area contributed by atoms with E-state index >= 15 is 0 Å². The topological polar surface area (TPSA) is 69.8 Å². The number of aromatic nitrogens is 2. The predicted octanol–water partition coefficient (Wildman–Crippen LogP) is 1.32. The van der Waals surface area contributed by atoms with Crippen LogP contribution in [0.1, 0.15) is 5.69 Å². The zero-order chi connectivity index (χ0) is 10.1. The quantitative estimate of drug-likeness (QED) is 0.581. The minimum atomic E-state index is -0.175. The molecule has 0 saturated heterocycles. The maximum atomic E-state index is 9.61. The first-order chi connectivity index (χ1) is 6.74. The van der Waals surface area contributed by atoms with Gasteiger partial charge in [-0.3, -0.25) is 4.98 Å². The van der Waals surface area contributed by atoms with Crippen molar-refractivity contribution >= 4 is 56.4 Å². The Labute approximate surface area is 116 Å². The molecule has 1 N–H and O–H groups in total. The molecule has 4 nitrogen and oxygen atoms in total. The summed E-state index contributed by atoms with van der Waals surface area (Å²) >= 11 is 3.21. The molecule has 0 bridgehead atoms. The Bertz CT molecular complexity index is 553. The van der Waals surface area contributed by atoms with E-state index in [1.165, 1.54) is 0 Å². The second kappa shape index (κ2) is 4.90. The van der Waals surface area contributed by atoms with Crippen molar-refractivity contribution < 1.29 is 5.11 Å². The van der Waals surface area contributed by atoms with Crippen LogP contribution >= 0.6 is 15.9 Å². The fourth-order valence-corrected chi connectivity index (χ4v) is 1.66. The summed E-state index contributed by atoms with van der Waals surface area (Å²) in [7, 11) is 0. The molecule has 0 atom stereocenters. The molecule has 15 heavy (non-hydrogen) atoms. The van der Waals surface area contributed by atoms with Gasteiger partial charge in [-0.05, 0) is 28.1 Å². The van der Waals surface area contributed by atoms with Crippen molar-refractivity contribution in [2.24, 2.45) is 0 Å². The van der Waals surface area contributed by atoms with Crippen molar-refractivity contribution in [1.82, 2.24) is 9.97 Å². The molecule has 0 spiro atoms. The van der Waals surface area contributed by atoms with Crippen LogP contribution in [0.2, 0.25) is 0 Å². The number of hydrogen-bond donors (Lipinski definition) is 1. The molecule has 0 unspecified atom stereocenters. The van der Waals surface area contributed by atoms with Gasteiger partial charge >= 0.3 is 29.6 Å². The van der Waals surface area contributed by atoms with Gasteiger partial charge in [-0.1, -0.05) is 0 Å². The van der Waals surface area contributed by atoms with Gasteiger partial charge in [0, 0.05) is 11.6 Å². The molecule has 0 fully saturated rings. The predicted molar refractivity (Wildman–Crippen MR) is 60.8 cm³/mol. The van der Waals surface area contributed by atoms with Crippen LogP contribution in [0.4, 0.5) is 0 Å². The molecular weight excluding hydrogens is 269 g/mol. The first-order valence-corrected chi connectivity index (χ1v) is 4.56. The molecule has 70 valence electrons. The van der Waals surface area contributed by atoms with Gasteiger partial charge in [-0.15, -0.1) is 0 Å². The Morgan fingerprint density at radius 2 is 2.20 bits per heavy atom. The summed E-state index contributed by atoms with van der Waals surface area (Å²) in [5.74, 6) is -0.175. The third-order valence-corrected chi connectivity index (χ3v) is 2.40. The number of rotatable bonds is 0. The summed E-state index contributed by atoms with van der Waals surface area (Å²) in [6, 6.07) is 5.30. The Morgan fingerprint density at radius 3 is 2.87 bits per heavy atom.